The Bertz CT molecular complexity index is 1190. The van der Waals surface area contributed by atoms with E-state index in [1.54, 1.807) is 24.3 Å². The third-order valence-electron chi connectivity index (χ3n) is 4.71. The van der Waals surface area contributed by atoms with Gasteiger partial charge in [0.05, 0.1) is 10.6 Å². The first-order valence-electron chi connectivity index (χ1n) is 9.38. The smallest absolute Gasteiger partial charge is 0.272 e. The fraction of sp³-hybridized carbons (Fsp3) is 0.143. The lowest BCUT2D eigenvalue weighted by Gasteiger charge is -2.10. The number of primary amides is 1. The molecule has 4 rings (SSSR count). The van der Waals surface area contributed by atoms with Gasteiger partial charge in [-0.2, -0.15) is 0 Å². The van der Waals surface area contributed by atoms with Gasteiger partial charge in [-0.3, -0.25) is 19.0 Å². The Labute approximate surface area is 181 Å². The molecule has 8 nitrogen and oxygen atoms in total. The number of amides is 3. The van der Waals surface area contributed by atoms with Gasteiger partial charge in [0.25, 0.3) is 17.7 Å². The van der Waals surface area contributed by atoms with Crippen molar-refractivity contribution in [2.75, 3.05) is 5.32 Å². The molecule has 1 saturated carbocycles. The van der Waals surface area contributed by atoms with Gasteiger partial charge in [0.2, 0.25) is 0 Å². The van der Waals surface area contributed by atoms with Crippen LogP contribution in [0.4, 0.5) is 10.1 Å². The van der Waals surface area contributed by atoms with E-state index in [1.165, 1.54) is 17.0 Å². The van der Waals surface area contributed by atoms with Crippen molar-refractivity contribution in [1.82, 2.24) is 14.9 Å². The molecule has 0 unspecified atom stereocenters. The standard InChI is InChI=1S/C21H17ClFN5O3/c22-16-9-11(23)1-8-15(16)20(30)26-13-4-6-14(7-5-13)28-10-25-17(18(28)19(24)29)21(31)27-12-2-3-12/h1,4-10,12H,2-3H2,(H2,24,29)(H,26,30)(H,27,31). The second kappa shape index (κ2) is 8.19. The third kappa shape index (κ3) is 4.41. The molecule has 10 heteroatoms. The quantitative estimate of drug-likeness (QED) is 0.544. The minimum Gasteiger partial charge on any atom is -0.364 e. The summed E-state index contributed by atoms with van der Waals surface area (Å²) >= 11 is 5.92. The summed E-state index contributed by atoms with van der Waals surface area (Å²) in [6, 6.07) is 10.0. The number of carbonyl (C=O) groups is 3. The van der Waals surface area contributed by atoms with Crippen molar-refractivity contribution in [1.29, 1.82) is 0 Å². The van der Waals surface area contributed by atoms with Gasteiger partial charge in [-0.25, -0.2) is 9.37 Å². The highest BCUT2D eigenvalue weighted by molar-refractivity contribution is 6.34. The molecule has 1 fully saturated rings. The van der Waals surface area contributed by atoms with Crippen LogP contribution in [0.1, 0.15) is 44.2 Å². The lowest BCUT2D eigenvalue weighted by Crippen LogP contribution is -2.29. The van der Waals surface area contributed by atoms with Crippen LogP contribution in [0.2, 0.25) is 5.02 Å². The van der Waals surface area contributed by atoms with Crippen molar-refractivity contribution >= 4 is 35.0 Å². The number of nitrogens with zero attached hydrogens (tertiary/aromatic N) is 2. The second-order valence-corrected chi connectivity index (χ2v) is 7.46. The van der Waals surface area contributed by atoms with Gasteiger partial charge in [-0.15, -0.1) is 0 Å². The van der Waals surface area contributed by atoms with Gasteiger partial charge in [0.15, 0.2) is 5.69 Å². The van der Waals surface area contributed by atoms with Crippen molar-refractivity contribution in [3.63, 3.8) is 0 Å². The highest BCUT2D eigenvalue weighted by Gasteiger charge is 2.28. The predicted octanol–water partition coefficient (Wildman–Crippen LogP) is 2.91. The molecule has 0 saturated heterocycles. The largest absolute Gasteiger partial charge is 0.364 e. The van der Waals surface area contributed by atoms with Gasteiger partial charge in [-0.05, 0) is 55.3 Å². The van der Waals surface area contributed by atoms with Crippen LogP contribution in [0.3, 0.4) is 0 Å². The molecule has 0 bridgehead atoms. The third-order valence-corrected chi connectivity index (χ3v) is 5.02. The summed E-state index contributed by atoms with van der Waals surface area (Å²) in [5.41, 5.74) is 6.51. The van der Waals surface area contributed by atoms with Gasteiger partial charge in [0.1, 0.15) is 17.8 Å². The molecule has 2 aromatic carbocycles. The van der Waals surface area contributed by atoms with Crippen molar-refractivity contribution in [3.05, 3.63) is 76.6 Å². The van der Waals surface area contributed by atoms with E-state index in [4.69, 9.17) is 17.3 Å². The fourth-order valence-corrected chi connectivity index (χ4v) is 3.26. The zero-order chi connectivity index (χ0) is 22.1. The molecule has 0 spiro atoms. The highest BCUT2D eigenvalue weighted by atomic mass is 35.5. The van der Waals surface area contributed by atoms with Gasteiger partial charge in [0, 0.05) is 17.4 Å². The number of carbonyl (C=O) groups excluding carboxylic acids is 3. The molecular weight excluding hydrogens is 425 g/mol. The minimum atomic E-state index is -0.790. The van der Waals surface area contributed by atoms with E-state index >= 15 is 0 Å². The first kappa shape index (κ1) is 20.5. The zero-order valence-electron chi connectivity index (χ0n) is 16.1. The van der Waals surface area contributed by atoms with Crippen molar-refractivity contribution < 1.29 is 18.8 Å². The van der Waals surface area contributed by atoms with E-state index in [0.29, 0.717) is 11.4 Å². The monoisotopic (exact) mass is 441 g/mol. The number of aromatic nitrogens is 2. The van der Waals surface area contributed by atoms with E-state index in [2.05, 4.69) is 15.6 Å². The molecule has 3 amide bonds. The molecular formula is C21H17ClFN5O3. The number of anilines is 1. The SMILES string of the molecule is NC(=O)c1c(C(=O)NC2CC2)ncn1-c1ccc(NC(=O)c2ccc(F)cc2Cl)cc1. The van der Waals surface area contributed by atoms with Crippen molar-refractivity contribution in [2.24, 2.45) is 5.73 Å². The van der Waals surface area contributed by atoms with Crippen LogP contribution >= 0.6 is 11.6 Å². The molecule has 0 aliphatic heterocycles. The average molecular weight is 442 g/mol. The second-order valence-electron chi connectivity index (χ2n) is 7.05. The lowest BCUT2D eigenvalue weighted by atomic mass is 10.2. The molecule has 1 heterocycles. The molecule has 3 aromatic rings. The summed E-state index contributed by atoms with van der Waals surface area (Å²) < 4.78 is 14.6. The molecule has 4 N–H and O–H groups in total. The first-order valence-corrected chi connectivity index (χ1v) is 9.76. The fourth-order valence-electron chi connectivity index (χ4n) is 3.00. The number of benzene rings is 2. The van der Waals surface area contributed by atoms with Gasteiger partial charge in [-0.1, -0.05) is 11.6 Å². The van der Waals surface area contributed by atoms with Gasteiger partial charge < -0.3 is 16.4 Å². The minimum absolute atomic E-state index is 0.00404. The van der Waals surface area contributed by atoms with E-state index in [0.717, 1.165) is 25.0 Å². The Balaban J connectivity index is 1.55. The Hall–Kier alpha value is -3.72. The Morgan fingerprint density at radius 2 is 1.81 bits per heavy atom. The molecule has 1 aliphatic carbocycles. The Morgan fingerprint density at radius 1 is 1.10 bits per heavy atom. The first-order chi connectivity index (χ1) is 14.8. The molecule has 0 radical (unpaired) electrons. The van der Waals surface area contributed by atoms with Crippen LogP contribution in [0.25, 0.3) is 5.69 Å². The Morgan fingerprint density at radius 3 is 2.42 bits per heavy atom. The molecule has 158 valence electrons. The van der Waals surface area contributed by atoms with E-state index in [9.17, 15) is 18.8 Å². The highest BCUT2D eigenvalue weighted by Crippen LogP contribution is 2.22. The Kier molecular flexibility index (Phi) is 5.43. The maximum absolute atomic E-state index is 13.2. The summed E-state index contributed by atoms with van der Waals surface area (Å²) in [6.07, 6.45) is 3.14. The molecule has 1 aromatic heterocycles. The number of hydrogen-bond donors (Lipinski definition) is 3. The van der Waals surface area contributed by atoms with Crippen LogP contribution in [-0.4, -0.2) is 33.3 Å². The summed E-state index contributed by atoms with van der Waals surface area (Å²) in [7, 11) is 0. The number of halogens is 2. The van der Waals surface area contributed by atoms with E-state index in [-0.39, 0.29) is 28.0 Å². The predicted molar refractivity (Wildman–Crippen MR) is 112 cm³/mol. The van der Waals surface area contributed by atoms with E-state index in [1.807, 2.05) is 0 Å². The average Bonchev–Trinajstić information content (AvgIpc) is 3.41. The van der Waals surface area contributed by atoms with Gasteiger partial charge >= 0.3 is 0 Å². The van der Waals surface area contributed by atoms with Crippen LogP contribution in [0.5, 0.6) is 0 Å². The van der Waals surface area contributed by atoms with Crippen LogP contribution in [0, 0.1) is 5.82 Å². The van der Waals surface area contributed by atoms with Crippen molar-refractivity contribution in [2.45, 2.75) is 18.9 Å². The number of imidazole rings is 1. The lowest BCUT2D eigenvalue weighted by molar-refractivity contribution is 0.0928. The topological polar surface area (TPSA) is 119 Å². The van der Waals surface area contributed by atoms with Crippen LogP contribution < -0.4 is 16.4 Å². The molecule has 1 aliphatic rings. The van der Waals surface area contributed by atoms with Crippen molar-refractivity contribution in [3.8, 4) is 5.69 Å². The number of hydrogen-bond acceptors (Lipinski definition) is 4. The normalized spacial score (nSPS) is 13.0. The summed E-state index contributed by atoms with van der Waals surface area (Å²) in [4.78, 5) is 40.8. The number of rotatable bonds is 6. The number of nitrogens with one attached hydrogen (secondary N) is 2. The molecule has 0 atom stereocenters. The summed E-state index contributed by atoms with van der Waals surface area (Å²) in [6.45, 7) is 0. The van der Waals surface area contributed by atoms with Crippen LogP contribution in [-0.2, 0) is 0 Å². The maximum atomic E-state index is 13.2. The zero-order valence-corrected chi connectivity index (χ0v) is 16.8. The van der Waals surface area contributed by atoms with Crippen LogP contribution in [0.15, 0.2) is 48.8 Å². The maximum Gasteiger partial charge on any atom is 0.272 e. The summed E-state index contributed by atoms with van der Waals surface area (Å²) in [5, 5.41) is 5.44. The number of nitrogens with two attached hydrogens (primary N) is 1. The van der Waals surface area contributed by atoms with E-state index < -0.39 is 23.5 Å². The molecule has 31 heavy (non-hydrogen) atoms. The summed E-state index contributed by atoms with van der Waals surface area (Å²) in [5.74, 6) is -2.28.